The maximum atomic E-state index is 12.3. The summed E-state index contributed by atoms with van der Waals surface area (Å²) in [6.07, 6.45) is 5.46. The smallest absolute Gasteiger partial charge is 0.208 e. The number of ether oxygens (including phenoxy) is 1. The number of rotatable bonds is 8. The normalized spacial score (nSPS) is 13.2. The third-order valence-electron chi connectivity index (χ3n) is 5.30. The van der Waals surface area contributed by atoms with Gasteiger partial charge in [-0.05, 0) is 36.3 Å². The van der Waals surface area contributed by atoms with E-state index in [4.69, 9.17) is 9.26 Å². The van der Waals surface area contributed by atoms with Crippen LogP contribution in [0.15, 0.2) is 47.3 Å². The lowest BCUT2D eigenvalue weighted by atomic mass is 10.1. The van der Waals surface area contributed by atoms with Gasteiger partial charge in [-0.25, -0.2) is 0 Å². The van der Waals surface area contributed by atoms with E-state index < -0.39 is 0 Å². The van der Waals surface area contributed by atoms with E-state index in [2.05, 4.69) is 30.9 Å². The molecule has 5 rings (SSSR count). The van der Waals surface area contributed by atoms with Crippen molar-refractivity contribution in [1.29, 1.82) is 0 Å². The van der Waals surface area contributed by atoms with Crippen molar-refractivity contribution in [2.45, 2.75) is 19.3 Å². The van der Waals surface area contributed by atoms with Crippen LogP contribution >= 0.6 is 0 Å². The molecular weight excluding hydrogens is 410 g/mol. The average Bonchev–Trinajstić information content (AvgIpc) is 3.34. The zero-order valence-corrected chi connectivity index (χ0v) is 17.6. The van der Waals surface area contributed by atoms with Crippen molar-refractivity contribution >= 4 is 17.2 Å². The van der Waals surface area contributed by atoms with Crippen LogP contribution in [0.1, 0.15) is 18.5 Å². The second-order valence-corrected chi connectivity index (χ2v) is 7.64. The summed E-state index contributed by atoms with van der Waals surface area (Å²) < 4.78 is 10.7. The van der Waals surface area contributed by atoms with Gasteiger partial charge < -0.3 is 14.6 Å². The highest BCUT2D eigenvalue weighted by molar-refractivity contribution is 5.87. The number of pyridine rings is 1. The Hall–Kier alpha value is -4.08. The minimum absolute atomic E-state index is 0.180. The average molecular weight is 431 g/mol. The van der Waals surface area contributed by atoms with Gasteiger partial charge in [0.25, 0.3) is 0 Å². The number of aryl methyl sites for hydroxylation is 1. The Bertz CT molecular complexity index is 1260. The Morgan fingerprint density at radius 2 is 2.12 bits per heavy atom. The summed E-state index contributed by atoms with van der Waals surface area (Å²) in [6, 6.07) is 9.27. The third-order valence-corrected chi connectivity index (χ3v) is 5.30. The number of hydrogen-bond donors (Lipinski definition) is 1. The predicted molar refractivity (Wildman–Crippen MR) is 115 cm³/mol. The van der Waals surface area contributed by atoms with E-state index in [1.165, 1.54) is 11.1 Å². The zero-order valence-electron chi connectivity index (χ0n) is 17.6. The van der Waals surface area contributed by atoms with E-state index in [1.807, 2.05) is 24.3 Å². The predicted octanol–water partition coefficient (Wildman–Crippen LogP) is 3.20. The minimum atomic E-state index is 0.180. The number of methoxy groups -OCH3 is 1. The van der Waals surface area contributed by atoms with E-state index in [-0.39, 0.29) is 11.7 Å². The SMILES string of the molecule is COc1c(Nc2cc(CC(=O)C3CC3)ncc2-c2ccon2)cccc1-c1nnn(C)n1. The fourth-order valence-electron chi connectivity index (χ4n) is 3.55. The molecule has 1 fully saturated rings. The molecule has 10 heteroatoms. The lowest BCUT2D eigenvalue weighted by Crippen LogP contribution is -2.07. The second kappa shape index (κ2) is 8.22. The van der Waals surface area contributed by atoms with Gasteiger partial charge >= 0.3 is 0 Å². The third kappa shape index (κ3) is 3.94. The lowest BCUT2D eigenvalue weighted by Gasteiger charge is -2.16. The number of Topliss-reactive ketones (excluding diaryl/α,β-unsaturated/α-hetero) is 1. The molecule has 1 aliphatic carbocycles. The van der Waals surface area contributed by atoms with Crippen molar-refractivity contribution in [2.24, 2.45) is 13.0 Å². The van der Waals surface area contributed by atoms with E-state index >= 15 is 0 Å². The molecule has 1 aliphatic rings. The number of para-hydroxylation sites is 1. The second-order valence-electron chi connectivity index (χ2n) is 7.64. The van der Waals surface area contributed by atoms with Crippen LogP contribution in [0, 0.1) is 5.92 Å². The fraction of sp³-hybridized carbons (Fsp3) is 0.273. The number of anilines is 2. The summed E-state index contributed by atoms with van der Waals surface area (Å²) in [4.78, 5) is 18.2. The zero-order chi connectivity index (χ0) is 22.1. The summed E-state index contributed by atoms with van der Waals surface area (Å²) in [7, 11) is 3.29. The highest BCUT2D eigenvalue weighted by Gasteiger charge is 2.29. The Morgan fingerprint density at radius 3 is 2.81 bits per heavy atom. The molecule has 162 valence electrons. The summed E-state index contributed by atoms with van der Waals surface area (Å²) in [6.45, 7) is 0. The molecule has 10 nitrogen and oxygen atoms in total. The van der Waals surface area contributed by atoms with Crippen molar-refractivity contribution in [3.63, 3.8) is 0 Å². The highest BCUT2D eigenvalue weighted by Crippen LogP contribution is 2.38. The van der Waals surface area contributed by atoms with Crippen LogP contribution in [0.5, 0.6) is 5.75 Å². The number of aromatic nitrogens is 6. The first-order valence-corrected chi connectivity index (χ1v) is 10.2. The molecular formula is C22H21N7O3. The van der Waals surface area contributed by atoms with E-state index in [0.29, 0.717) is 40.6 Å². The first-order chi connectivity index (χ1) is 15.6. The summed E-state index contributed by atoms with van der Waals surface area (Å²) >= 11 is 0. The monoisotopic (exact) mass is 431 g/mol. The molecule has 4 aromatic rings. The van der Waals surface area contributed by atoms with Crippen LogP contribution in [0.3, 0.4) is 0 Å². The van der Waals surface area contributed by atoms with Crippen LogP contribution in [0.4, 0.5) is 11.4 Å². The maximum absolute atomic E-state index is 12.3. The van der Waals surface area contributed by atoms with Gasteiger partial charge in [-0.2, -0.15) is 4.80 Å². The molecule has 0 amide bonds. The molecule has 0 aliphatic heterocycles. The Labute approximate surface area is 183 Å². The molecule has 1 N–H and O–H groups in total. The molecule has 0 saturated heterocycles. The van der Waals surface area contributed by atoms with Gasteiger partial charge in [-0.3, -0.25) is 9.78 Å². The first kappa shape index (κ1) is 19.9. The van der Waals surface area contributed by atoms with Crippen LogP contribution < -0.4 is 10.1 Å². The summed E-state index contributed by atoms with van der Waals surface area (Å²) in [5, 5.41) is 19.7. The van der Waals surface area contributed by atoms with Crippen molar-refractivity contribution < 1.29 is 14.1 Å². The molecule has 0 spiro atoms. The first-order valence-electron chi connectivity index (χ1n) is 10.2. The van der Waals surface area contributed by atoms with E-state index in [0.717, 1.165) is 24.1 Å². The molecule has 3 heterocycles. The van der Waals surface area contributed by atoms with Gasteiger partial charge in [-0.15, -0.1) is 10.2 Å². The van der Waals surface area contributed by atoms with Crippen molar-refractivity contribution in [3.05, 3.63) is 48.5 Å². The molecule has 1 saturated carbocycles. The standard InChI is InChI=1S/C22H21N7O3/c1-29-26-22(25-28-29)15-4-3-5-18(21(15)31-2)24-19-10-14(11-20(30)13-6-7-13)23-12-16(19)17-8-9-32-27-17/h3-5,8-10,12-13H,6-7,11H2,1-2H3,(H,23,24). The number of carbonyl (C=O) groups excluding carboxylic acids is 1. The summed E-state index contributed by atoms with van der Waals surface area (Å²) in [5.74, 6) is 1.43. The number of tetrazole rings is 1. The number of hydrogen-bond acceptors (Lipinski definition) is 9. The number of nitrogens with zero attached hydrogens (tertiary/aromatic N) is 6. The van der Waals surface area contributed by atoms with Crippen LogP contribution in [-0.2, 0) is 18.3 Å². The highest BCUT2D eigenvalue weighted by atomic mass is 16.5. The molecule has 0 atom stereocenters. The van der Waals surface area contributed by atoms with Crippen LogP contribution in [0.2, 0.25) is 0 Å². The fourth-order valence-corrected chi connectivity index (χ4v) is 3.55. The van der Waals surface area contributed by atoms with Crippen molar-refractivity contribution in [2.75, 3.05) is 12.4 Å². The topological polar surface area (TPSA) is 121 Å². The van der Waals surface area contributed by atoms with Gasteiger partial charge in [0.2, 0.25) is 5.82 Å². The Kier molecular flexibility index (Phi) is 5.10. The van der Waals surface area contributed by atoms with Crippen LogP contribution in [0.25, 0.3) is 22.6 Å². The van der Waals surface area contributed by atoms with Gasteiger partial charge in [0.05, 0.1) is 31.1 Å². The molecule has 0 unspecified atom stereocenters. The molecule has 0 radical (unpaired) electrons. The van der Waals surface area contributed by atoms with Gasteiger partial charge in [0.15, 0.2) is 5.75 Å². The molecule has 32 heavy (non-hydrogen) atoms. The van der Waals surface area contributed by atoms with Crippen molar-refractivity contribution in [1.82, 2.24) is 30.3 Å². The largest absolute Gasteiger partial charge is 0.494 e. The quantitative estimate of drug-likeness (QED) is 0.448. The van der Waals surface area contributed by atoms with E-state index in [1.54, 1.807) is 26.4 Å². The molecule has 3 aromatic heterocycles. The number of nitrogens with one attached hydrogen (secondary N) is 1. The minimum Gasteiger partial charge on any atom is -0.494 e. The Morgan fingerprint density at radius 1 is 1.25 bits per heavy atom. The number of benzene rings is 1. The van der Waals surface area contributed by atoms with Gasteiger partial charge in [0.1, 0.15) is 17.7 Å². The Balaban J connectivity index is 1.54. The van der Waals surface area contributed by atoms with Gasteiger partial charge in [0, 0.05) is 35.9 Å². The number of ketones is 1. The molecule has 0 bridgehead atoms. The van der Waals surface area contributed by atoms with Crippen LogP contribution in [-0.4, -0.2) is 43.2 Å². The molecule has 1 aromatic carbocycles. The van der Waals surface area contributed by atoms with Crippen molar-refractivity contribution in [3.8, 4) is 28.4 Å². The lowest BCUT2D eigenvalue weighted by molar-refractivity contribution is -0.119. The summed E-state index contributed by atoms with van der Waals surface area (Å²) in [5.41, 5.74) is 4.20. The maximum Gasteiger partial charge on any atom is 0.208 e. The van der Waals surface area contributed by atoms with Gasteiger partial charge in [-0.1, -0.05) is 11.2 Å². The van der Waals surface area contributed by atoms with E-state index in [9.17, 15) is 4.79 Å². The number of carbonyl (C=O) groups is 1.